The molecule has 4 atom stereocenters. The molecule has 0 saturated carbocycles. The van der Waals surface area contributed by atoms with Crippen LogP contribution in [0.4, 0.5) is 0 Å². The summed E-state index contributed by atoms with van der Waals surface area (Å²) in [6, 6.07) is 0. The number of carbonyl (C=O) groups excluding carboxylic acids is 2. The Morgan fingerprint density at radius 1 is 1.12 bits per heavy atom. The van der Waals surface area contributed by atoms with Crippen molar-refractivity contribution in [2.45, 2.75) is 37.8 Å². The van der Waals surface area contributed by atoms with E-state index < -0.39 is 24.4 Å². The summed E-state index contributed by atoms with van der Waals surface area (Å²) in [4.78, 5) is 25.1. The van der Waals surface area contributed by atoms with Crippen molar-refractivity contribution in [2.24, 2.45) is 0 Å². The summed E-state index contributed by atoms with van der Waals surface area (Å²) < 4.78 is 10.8. The van der Waals surface area contributed by atoms with Crippen LogP contribution in [0.15, 0.2) is 0 Å². The maximum Gasteiger partial charge on any atom is 0.222 e. The molecule has 9 nitrogen and oxygen atoms in total. The van der Waals surface area contributed by atoms with E-state index >= 15 is 0 Å². The number of amides is 2. The fourth-order valence-electron chi connectivity index (χ4n) is 2.84. The lowest BCUT2D eigenvalue weighted by atomic mass is 10.1. The van der Waals surface area contributed by atoms with Crippen molar-refractivity contribution >= 4 is 11.8 Å². The molecule has 2 amide bonds. The minimum absolute atomic E-state index is 0.0299. The van der Waals surface area contributed by atoms with E-state index in [-0.39, 0.29) is 24.8 Å². The van der Waals surface area contributed by atoms with Crippen molar-refractivity contribution in [3.05, 3.63) is 0 Å². The van der Waals surface area contributed by atoms with Gasteiger partial charge in [0.15, 0.2) is 0 Å². The quantitative estimate of drug-likeness (QED) is 0.401. The van der Waals surface area contributed by atoms with Gasteiger partial charge in [-0.1, -0.05) is 0 Å². The maximum absolute atomic E-state index is 12.0. The summed E-state index contributed by atoms with van der Waals surface area (Å²) in [5.41, 5.74) is 0. The van der Waals surface area contributed by atoms with Gasteiger partial charge in [-0.15, -0.1) is 0 Å². The van der Waals surface area contributed by atoms with E-state index in [4.69, 9.17) is 9.47 Å². The SMILES string of the molecule is CC(=O)NC[C@H]1O[C@@H](CC(=O)NCCN2CCOCC2)[C@H](O)[C@@H]1O. The van der Waals surface area contributed by atoms with Gasteiger partial charge in [0.2, 0.25) is 11.8 Å². The zero-order valence-electron chi connectivity index (χ0n) is 13.9. The second-order valence-electron chi connectivity index (χ2n) is 6.14. The number of rotatable bonds is 7. The molecule has 2 rings (SSSR count). The van der Waals surface area contributed by atoms with Crippen LogP contribution in [0.2, 0.25) is 0 Å². The third-order valence-electron chi connectivity index (χ3n) is 4.25. The summed E-state index contributed by atoms with van der Waals surface area (Å²) in [5.74, 6) is -0.482. The van der Waals surface area contributed by atoms with E-state index in [1.54, 1.807) is 0 Å². The van der Waals surface area contributed by atoms with Crippen LogP contribution in [0, 0.1) is 0 Å². The summed E-state index contributed by atoms with van der Waals surface area (Å²) >= 11 is 0. The molecule has 0 aromatic carbocycles. The number of morpholine rings is 1. The molecule has 4 N–H and O–H groups in total. The molecule has 0 unspecified atom stereocenters. The molecule has 24 heavy (non-hydrogen) atoms. The first-order chi connectivity index (χ1) is 11.5. The van der Waals surface area contributed by atoms with Crippen LogP contribution in [0.25, 0.3) is 0 Å². The first-order valence-corrected chi connectivity index (χ1v) is 8.30. The lowest BCUT2D eigenvalue weighted by Gasteiger charge is -2.26. The first-order valence-electron chi connectivity index (χ1n) is 8.30. The lowest BCUT2D eigenvalue weighted by molar-refractivity contribution is -0.125. The Hall–Kier alpha value is -1.26. The number of hydrogen-bond acceptors (Lipinski definition) is 7. The standard InChI is InChI=1S/C15H27N3O6/c1-10(19)17-9-12-15(22)14(21)11(24-12)8-13(20)16-2-3-18-4-6-23-7-5-18/h11-12,14-15,21-22H,2-9H2,1H3,(H,16,20)(H,17,19)/t11-,12+,14-,15+/m0/s1. The van der Waals surface area contributed by atoms with E-state index in [0.717, 1.165) is 19.6 Å². The molecule has 2 aliphatic rings. The van der Waals surface area contributed by atoms with Gasteiger partial charge >= 0.3 is 0 Å². The molecule has 138 valence electrons. The first kappa shape index (κ1) is 19.1. The van der Waals surface area contributed by atoms with Crippen LogP contribution in [0.1, 0.15) is 13.3 Å². The molecule has 2 saturated heterocycles. The summed E-state index contributed by atoms with van der Waals surface area (Å²) in [6.07, 6.45) is -3.79. The minimum Gasteiger partial charge on any atom is -0.388 e. The molecular weight excluding hydrogens is 318 g/mol. The van der Waals surface area contributed by atoms with E-state index in [9.17, 15) is 19.8 Å². The van der Waals surface area contributed by atoms with Gasteiger partial charge < -0.3 is 30.3 Å². The molecule has 2 fully saturated rings. The number of aliphatic hydroxyl groups is 2. The fourth-order valence-corrected chi connectivity index (χ4v) is 2.84. The zero-order valence-corrected chi connectivity index (χ0v) is 13.9. The molecule has 2 heterocycles. The van der Waals surface area contributed by atoms with Gasteiger partial charge in [-0.05, 0) is 0 Å². The van der Waals surface area contributed by atoms with Crippen molar-refractivity contribution < 1.29 is 29.3 Å². The van der Waals surface area contributed by atoms with Crippen LogP contribution in [0.3, 0.4) is 0 Å². The summed E-state index contributed by atoms with van der Waals surface area (Å²) in [6.45, 7) is 5.86. The Balaban J connectivity index is 1.67. The van der Waals surface area contributed by atoms with Gasteiger partial charge in [-0.3, -0.25) is 14.5 Å². The molecule has 0 aromatic heterocycles. The maximum atomic E-state index is 12.0. The van der Waals surface area contributed by atoms with Crippen molar-refractivity contribution in [3.63, 3.8) is 0 Å². The molecule has 2 aliphatic heterocycles. The van der Waals surface area contributed by atoms with Gasteiger partial charge in [-0.25, -0.2) is 0 Å². The number of hydrogen-bond donors (Lipinski definition) is 4. The highest BCUT2D eigenvalue weighted by atomic mass is 16.5. The molecule has 0 spiro atoms. The lowest BCUT2D eigenvalue weighted by Crippen LogP contribution is -2.42. The third kappa shape index (κ3) is 5.67. The number of carbonyl (C=O) groups is 2. The van der Waals surface area contributed by atoms with Gasteiger partial charge in [0.1, 0.15) is 18.3 Å². The number of ether oxygens (including phenoxy) is 2. The van der Waals surface area contributed by atoms with E-state index in [1.165, 1.54) is 6.92 Å². The average molecular weight is 345 g/mol. The van der Waals surface area contributed by atoms with Crippen LogP contribution in [-0.4, -0.2) is 97.3 Å². The predicted octanol–water partition coefficient (Wildman–Crippen LogP) is -2.55. The Kier molecular flexibility index (Phi) is 7.38. The second-order valence-corrected chi connectivity index (χ2v) is 6.14. The average Bonchev–Trinajstić information content (AvgIpc) is 2.82. The second kappa shape index (κ2) is 9.28. The van der Waals surface area contributed by atoms with Crippen LogP contribution in [-0.2, 0) is 19.1 Å². The number of nitrogens with zero attached hydrogens (tertiary/aromatic N) is 1. The van der Waals surface area contributed by atoms with E-state index in [2.05, 4.69) is 15.5 Å². The Labute approximate surface area is 141 Å². The summed E-state index contributed by atoms with van der Waals surface area (Å²) in [7, 11) is 0. The normalized spacial score (nSPS) is 31.0. The molecule has 0 aromatic rings. The van der Waals surface area contributed by atoms with Crippen molar-refractivity contribution in [2.75, 3.05) is 45.9 Å². The van der Waals surface area contributed by atoms with Crippen molar-refractivity contribution in [1.82, 2.24) is 15.5 Å². The predicted molar refractivity (Wildman–Crippen MR) is 84.2 cm³/mol. The van der Waals surface area contributed by atoms with E-state index in [1.807, 2.05) is 0 Å². The van der Waals surface area contributed by atoms with Gasteiger partial charge in [-0.2, -0.15) is 0 Å². The van der Waals surface area contributed by atoms with Gasteiger partial charge in [0, 0.05) is 39.6 Å². The van der Waals surface area contributed by atoms with Crippen LogP contribution in [0.5, 0.6) is 0 Å². The third-order valence-corrected chi connectivity index (χ3v) is 4.25. The fraction of sp³-hybridized carbons (Fsp3) is 0.867. The van der Waals surface area contributed by atoms with Crippen molar-refractivity contribution in [1.29, 1.82) is 0 Å². The molecule has 9 heteroatoms. The molecule has 0 bridgehead atoms. The summed E-state index contributed by atoms with van der Waals surface area (Å²) in [5, 5.41) is 25.2. The van der Waals surface area contributed by atoms with Crippen LogP contribution >= 0.6 is 0 Å². The highest BCUT2D eigenvalue weighted by Gasteiger charge is 2.43. The van der Waals surface area contributed by atoms with Crippen molar-refractivity contribution in [3.8, 4) is 0 Å². The Bertz CT molecular complexity index is 429. The molecule has 0 radical (unpaired) electrons. The number of nitrogens with one attached hydrogen (secondary N) is 2. The van der Waals surface area contributed by atoms with E-state index in [0.29, 0.717) is 19.8 Å². The van der Waals surface area contributed by atoms with Gasteiger partial charge in [0.05, 0.1) is 25.7 Å². The molecule has 0 aliphatic carbocycles. The number of aliphatic hydroxyl groups excluding tert-OH is 2. The smallest absolute Gasteiger partial charge is 0.222 e. The highest BCUT2D eigenvalue weighted by molar-refractivity contribution is 5.76. The minimum atomic E-state index is -1.14. The Morgan fingerprint density at radius 3 is 2.46 bits per heavy atom. The monoisotopic (exact) mass is 345 g/mol. The van der Waals surface area contributed by atoms with Crippen LogP contribution < -0.4 is 10.6 Å². The largest absolute Gasteiger partial charge is 0.388 e. The Morgan fingerprint density at radius 2 is 1.79 bits per heavy atom. The highest BCUT2D eigenvalue weighted by Crippen LogP contribution is 2.23. The topological polar surface area (TPSA) is 120 Å². The zero-order chi connectivity index (χ0) is 17.5. The van der Waals surface area contributed by atoms with Gasteiger partial charge in [0.25, 0.3) is 0 Å². The molecular formula is C15H27N3O6.